The molecule has 8 heteroatoms. The second-order valence-corrected chi connectivity index (χ2v) is 4.86. The summed E-state index contributed by atoms with van der Waals surface area (Å²) in [6.07, 6.45) is 0.726. The summed E-state index contributed by atoms with van der Waals surface area (Å²) in [4.78, 5) is 38.5. The van der Waals surface area contributed by atoms with Crippen molar-refractivity contribution in [2.24, 2.45) is 11.8 Å². The Morgan fingerprint density at radius 2 is 1.73 bits per heavy atom. The highest BCUT2D eigenvalue weighted by Crippen LogP contribution is 2.10. The van der Waals surface area contributed by atoms with Crippen LogP contribution in [0.25, 0.3) is 5.53 Å². The quantitative estimate of drug-likeness (QED) is 0.169. The average molecular weight is 303 g/mol. The van der Waals surface area contributed by atoms with Crippen LogP contribution in [0.3, 0.4) is 0 Å². The number of carbonyl (C=O) groups is 3. The Hall–Kier alpha value is -2.83. The van der Waals surface area contributed by atoms with Gasteiger partial charge in [0.25, 0.3) is 17.6 Å². The molecule has 1 aromatic rings. The smallest absolute Gasteiger partial charge is 0.325 e. The first kappa shape index (κ1) is 17.2. The van der Waals surface area contributed by atoms with Gasteiger partial charge in [0.1, 0.15) is 6.04 Å². The summed E-state index contributed by atoms with van der Waals surface area (Å²) in [6, 6.07) is 5.19. The maximum absolute atomic E-state index is 12.3. The molecule has 0 aliphatic carbocycles. The van der Waals surface area contributed by atoms with Gasteiger partial charge in [-0.05, 0) is 18.1 Å². The fourth-order valence-corrected chi connectivity index (χ4v) is 1.88. The van der Waals surface area contributed by atoms with E-state index < -0.39 is 23.6 Å². The molecule has 0 unspecified atom stereocenters. The number of ketones is 1. The molecule has 22 heavy (non-hydrogen) atoms. The van der Waals surface area contributed by atoms with Crippen molar-refractivity contribution in [1.82, 2.24) is 10.7 Å². The fraction of sp³-hybridized carbons (Fsp3) is 0.286. The summed E-state index contributed by atoms with van der Waals surface area (Å²) in [5, 5.41) is 2.53. The van der Waals surface area contributed by atoms with E-state index in [1.165, 1.54) is 12.1 Å². The van der Waals surface area contributed by atoms with E-state index >= 15 is 0 Å². The van der Waals surface area contributed by atoms with E-state index in [2.05, 4.69) is 10.1 Å². The largest absolute Gasteiger partial charge is 0.361 e. The van der Waals surface area contributed by atoms with E-state index in [-0.39, 0.29) is 17.0 Å². The number of hydrogen-bond acceptors (Lipinski definition) is 4. The van der Waals surface area contributed by atoms with Crippen molar-refractivity contribution in [1.29, 1.82) is 0 Å². The van der Waals surface area contributed by atoms with Crippen molar-refractivity contribution < 1.29 is 19.2 Å². The highest BCUT2D eigenvalue weighted by molar-refractivity contribution is 6.28. The van der Waals surface area contributed by atoms with Crippen molar-refractivity contribution in [2.75, 3.05) is 0 Å². The van der Waals surface area contributed by atoms with Gasteiger partial charge in [-0.1, -0.05) is 26.0 Å². The number of nitrogen functional groups attached to an aromatic ring is 1. The molecule has 0 aliphatic rings. The third kappa shape index (κ3) is 4.08. The lowest BCUT2D eigenvalue weighted by Crippen LogP contribution is -2.45. The summed E-state index contributed by atoms with van der Waals surface area (Å²) < 4.78 is 0. The second kappa shape index (κ2) is 7.82. The third-order valence-corrected chi connectivity index (χ3v) is 2.99. The van der Waals surface area contributed by atoms with Gasteiger partial charge in [0.05, 0.1) is 11.1 Å². The third-order valence-electron chi connectivity index (χ3n) is 2.99. The Kier molecular flexibility index (Phi) is 6.12. The number of amides is 2. The van der Waals surface area contributed by atoms with Crippen LogP contribution in [-0.4, -0.2) is 34.6 Å². The molecule has 1 atom stereocenters. The monoisotopic (exact) mass is 303 g/mol. The van der Waals surface area contributed by atoms with Gasteiger partial charge in [-0.2, -0.15) is 4.79 Å². The van der Waals surface area contributed by atoms with Gasteiger partial charge < -0.3 is 10.8 Å². The van der Waals surface area contributed by atoms with Crippen LogP contribution in [0.15, 0.2) is 24.3 Å². The van der Waals surface area contributed by atoms with E-state index in [1.54, 1.807) is 26.0 Å². The maximum atomic E-state index is 12.3. The van der Waals surface area contributed by atoms with Gasteiger partial charge in [0.15, 0.2) is 0 Å². The van der Waals surface area contributed by atoms with E-state index in [0.29, 0.717) is 0 Å². The van der Waals surface area contributed by atoms with Gasteiger partial charge in [0, 0.05) is 0 Å². The molecule has 0 bridgehead atoms. The molecule has 0 spiro atoms. The first-order valence-electron chi connectivity index (χ1n) is 6.54. The van der Waals surface area contributed by atoms with Gasteiger partial charge in [-0.3, -0.25) is 19.8 Å². The lowest BCUT2D eigenvalue weighted by molar-refractivity contribution is -0.118. The highest BCUT2D eigenvalue weighted by Gasteiger charge is 2.27. The molecular formula is C14H17N5O3. The number of hydrazine groups is 1. The first-order chi connectivity index (χ1) is 10.4. The molecular weight excluding hydrogens is 286 g/mol. The zero-order valence-electron chi connectivity index (χ0n) is 12.2. The summed E-state index contributed by atoms with van der Waals surface area (Å²) in [5.74, 6) is 3.08. The normalized spacial score (nSPS) is 11.3. The lowest BCUT2D eigenvalue weighted by Gasteiger charge is -2.18. The Bertz CT molecular complexity index is 635. The van der Waals surface area contributed by atoms with Gasteiger partial charge in [-0.15, -0.1) is 0 Å². The standard InChI is InChI=1S/C14H17N5O3/c1-8(2)12(11(20)7-17-15)18-13(21)9-5-3-4-6-10(9)14(22)19-16/h3-8,12H,16H2,1-2H3,(H,18,21)(H,19,22)/t12-/m0/s1. The van der Waals surface area contributed by atoms with Gasteiger partial charge >= 0.3 is 6.21 Å². The number of nitrogens with one attached hydrogen (secondary N) is 2. The lowest BCUT2D eigenvalue weighted by atomic mass is 9.99. The number of nitrogens with two attached hydrogens (primary N) is 1. The van der Waals surface area contributed by atoms with Crippen LogP contribution in [0.4, 0.5) is 0 Å². The molecule has 0 aromatic heterocycles. The molecule has 0 fully saturated rings. The Morgan fingerprint density at radius 1 is 1.18 bits per heavy atom. The second-order valence-electron chi connectivity index (χ2n) is 4.86. The van der Waals surface area contributed by atoms with Crippen LogP contribution in [0, 0.1) is 5.92 Å². The molecule has 1 aromatic carbocycles. The van der Waals surface area contributed by atoms with Gasteiger partial charge in [-0.25, -0.2) is 5.84 Å². The summed E-state index contributed by atoms with van der Waals surface area (Å²) in [7, 11) is 0. The Balaban J connectivity index is 3.08. The van der Waals surface area contributed by atoms with Crippen LogP contribution in [-0.2, 0) is 4.79 Å². The summed E-state index contributed by atoms with van der Waals surface area (Å²) >= 11 is 0. The summed E-state index contributed by atoms with van der Waals surface area (Å²) in [5.41, 5.74) is 10.6. The molecule has 8 nitrogen and oxygen atoms in total. The number of rotatable bonds is 6. The molecule has 116 valence electrons. The van der Waals surface area contributed by atoms with Crippen molar-refractivity contribution in [3.63, 3.8) is 0 Å². The van der Waals surface area contributed by atoms with Crippen LogP contribution in [0.2, 0.25) is 0 Å². The number of nitrogens with zero attached hydrogens (tertiary/aromatic N) is 2. The van der Waals surface area contributed by atoms with E-state index in [4.69, 9.17) is 11.4 Å². The van der Waals surface area contributed by atoms with E-state index in [1.807, 2.05) is 5.43 Å². The van der Waals surface area contributed by atoms with Crippen LogP contribution >= 0.6 is 0 Å². The molecule has 1 rings (SSSR count). The zero-order valence-corrected chi connectivity index (χ0v) is 12.2. The number of benzene rings is 1. The Morgan fingerprint density at radius 3 is 2.18 bits per heavy atom. The predicted octanol–water partition coefficient (Wildman–Crippen LogP) is -0.0858. The molecule has 0 saturated heterocycles. The van der Waals surface area contributed by atoms with Crippen molar-refractivity contribution in [2.45, 2.75) is 19.9 Å². The van der Waals surface area contributed by atoms with Crippen molar-refractivity contribution in [3.8, 4) is 0 Å². The fourth-order valence-electron chi connectivity index (χ4n) is 1.88. The topological polar surface area (TPSA) is 138 Å². The van der Waals surface area contributed by atoms with Crippen LogP contribution < -0.4 is 16.6 Å². The van der Waals surface area contributed by atoms with Crippen LogP contribution in [0.5, 0.6) is 0 Å². The highest BCUT2D eigenvalue weighted by atomic mass is 16.2. The zero-order chi connectivity index (χ0) is 16.7. The molecule has 2 amide bonds. The molecule has 0 aliphatic heterocycles. The molecule has 0 radical (unpaired) electrons. The maximum Gasteiger partial charge on any atom is 0.325 e. The molecule has 0 saturated carbocycles. The van der Waals surface area contributed by atoms with Crippen LogP contribution in [0.1, 0.15) is 34.6 Å². The molecule has 0 heterocycles. The average Bonchev–Trinajstić information content (AvgIpc) is 2.51. The minimum Gasteiger partial charge on any atom is -0.361 e. The number of carbonyl (C=O) groups excluding carboxylic acids is 3. The SMILES string of the molecule is CC(C)[C@H](NC(=O)c1ccccc1C(=O)NN)C(=O)C=[N+]=[N-]. The van der Waals surface area contributed by atoms with Gasteiger partial charge in [0.2, 0.25) is 0 Å². The Labute approximate surface area is 127 Å². The minimum absolute atomic E-state index is 0.0878. The number of Topliss-reactive ketones (excluding diaryl/α,β-unsaturated/α-hetero) is 1. The van der Waals surface area contributed by atoms with E-state index in [9.17, 15) is 14.4 Å². The minimum atomic E-state index is -0.877. The van der Waals surface area contributed by atoms with Crippen molar-refractivity contribution >= 4 is 23.8 Å². The first-order valence-corrected chi connectivity index (χ1v) is 6.54. The van der Waals surface area contributed by atoms with Crippen molar-refractivity contribution in [3.05, 3.63) is 40.9 Å². The predicted molar refractivity (Wildman–Crippen MR) is 78.9 cm³/mol. The number of hydrogen-bond donors (Lipinski definition) is 3. The van der Waals surface area contributed by atoms with E-state index in [0.717, 1.165) is 6.21 Å². The summed E-state index contributed by atoms with van der Waals surface area (Å²) in [6.45, 7) is 3.46. The molecule has 4 N–H and O–H groups in total.